The van der Waals surface area contributed by atoms with E-state index in [1.807, 2.05) is 32.0 Å². The summed E-state index contributed by atoms with van der Waals surface area (Å²) < 4.78 is 26.7. The third kappa shape index (κ3) is 1.92. The Morgan fingerprint density at radius 1 is 1.19 bits per heavy atom. The molecule has 0 amide bonds. The minimum atomic E-state index is -3.28. The van der Waals surface area contributed by atoms with Gasteiger partial charge in [-0.15, -0.1) is 0 Å². The Balaban J connectivity index is 2.33. The molecule has 1 fully saturated rings. The van der Waals surface area contributed by atoms with E-state index in [1.54, 1.807) is 7.05 Å². The Bertz CT molecular complexity index is 507. The predicted molar refractivity (Wildman–Crippen MR) is 64.8 cm³/mol. The molecule has 0 bridgehead atoms. The fraction of sp³-hybridized carbons (Fsp3) is 0.455. The minimum absolute atomic E-state index is 0.636. The van der Waals surface area contributed by atoms with Crippen molar-refractivity contribution in [3.05, 3.63) is 29.3 Å². The summed E-state index contributed by atoms with van der Waals surface area (Å²) in [5, 5.41) is 0. The molecule has 0 aromatic heterocycles. The Hall–Kier alpha value is -1.07. The van der Waals surface area contributed by atoms with Gasteiger partial charge in [-0.25, -0.2) is 0 Å². The molecule has 1 aliphatic heterocycles. The molecule has 1 heterocycles. The molecule has 0 saturated carbocycles. The smallest absolute Gasteiger partial charge is 0.261 e. The van der Waals surface area contributed by atoms with E-state index in [-0.39, 0.29) is 0 Å². The third-order valence-corrected chi connectivity index (χ3v) is 4.85. The predicted octanol–water partition coefficient (Wildman–Crippen LogP) is 1.30. The van der Waals surface area contributed by atoms with Crippen LogP contribution < -0.4 is 4.31 Å². The molecule has 0 radical (unpaired) electrons. The molecular formula is C11H16N2O2S. The fourth-order valence-electron chi connectivity index (χ4n) is 1.50. The van der Waals surface area contributed by atoms with Gasteiger partial charge in [0.2, 0.25) is 0 Å². The molecule has 0 aliphatic carbocycles. The normalized spacial score (nSPS) is 16.2. The summed E-state index contributed by atoms with van der Waals surface area (Å²) in [5.74, 6) is 0. The molecule has 2 rings (SSSR count). The van der Waals surface area contributed by atoms with Crippen molar-refractivity contribution in [2.75, 3.05) is 24.4 Å². The molecule has 0 atom stereocenters. The lowest BCUT2D eigenvalue weighted by Crippen LogP contribution is -2.32. The minimum Gasteiger partial charge on any atom is -0.261 e. The van der Waals surface area contributed by atoms with Crippen LogP contribution in [-0.2, 0) is 10.2 Å². The molecule has 0 N–H and O–H groups in total. The lowest BCUT2D eigenvalue weighted by atomic mass is 10.1. The zero-order valence-corrected chi connectivity index (χ0v) is 10.6. The van der Waals surface area contributed by atoms with Gasteiger partial charge in [0.05, 0.1) is 5.69 Å². The summed E-state index contributed by atoms with van der Waals surface area (Å²) in [6, 6.07) is 5.68. The van der Waals surface area contributed by atoms with Crippen LogP contribution >= 0.6 is 0 Å². The van der Waals surface area contributed by atoms with Crippen LogP contribution in [0.25, 0.3) is 0 Å². The van der Waals surface area contributed by atoms with E-state index < -0.39 is 10.2 Å². The lowest BCUT2D eigenvalue weighted by Gasteiger charge is -2.20. The van der Waals surface area contributed by atoms with Gasteiger partial charge in [-0.05, 0) is 37.1 Å². The monoisotopic (exact) mass is 240 g/mol. The quantitative estimate of drug-likeness (QED) is 0.747. The molecule has 1 aromatic rings. The summed E-state index contributed by atoms with van der Waals surface area (Å²) >= 11 is 0. The van der Waals surface area contributed by atoms with E-state index in [1.165, 1.54) is 14.2 Å². The van der Waals surface area contributed by atoms with Crippen molar-refractivity contribution >= 4 is 15.9 Å². The number of nitrogens with zero attached hydrogens (tertiary/aromatic N) is 2. The number of hydrogen-bond donors (Lipinski definition) is 0. The average molecular weight is 240 g/mol. The highest BCUT2D eigenvalue weighted by Crippen LogP contribution is 2.24. The summed E-state index contributed by atoms with van der Waals surface area (Å²) in [5.41, 5.74) is 2.99. The van der Waals surface area contributed by atoms with Gasteiger partial charge < -0.3 is 0 Å². The Morgan fingerprint density at radius 2 is 1.81 bits per heavy atom. The van der Waals surface area contributed by atoms with Gasteiger partial charge in [0, 0.05) is 20.1 Å². The van der Waals surface area contributed by atoms with Crippen LogP contribution in [0, 0.1) is 13.8 Å². The zero-order valence-electron chi connectivity index (χ0n) is 9.77. The molecule has 5 heteroatoms. The maximum absolute atomic E-state index is 11.9. The standard InChI is InChI=1S/C11H16N2O2S/c1-9-4-5-11(8-10(9)2)12(3)16(14,15)13-6-7-13/h4-5,8H,6-7H2,1-3H3. The maximum Gasteiger partial charge on any atom is 0.303 e. The van der Waals surface area contributed by atoms with Crippen molar-refractivity contribution in [3.8, 4) is 0 Å². The van der Waals surface area contributed by atoms with Crippen molar-refractivity contribution in [3.63, 3.8) is 0 Å². The highest BCUT2D eigenvalue weighted by Gasteiger charge is 2.35. The molecule has 1 aromatic carbocycles. The second-order valence-corrected chi connectivity index (χ2v) is 6.10. The van der Waals surface area contributed by atoms with Gasteiger partial charge in [-0.1, -0.05) is 6.07 Å². The Morgan fingerprint density at radius 3 is 2.31 bits per heavy atom. The second kappa shape index (κ2) is 3.75. The third-order valence-electron chi connectivity index (χ3n) is 2.93. The van der Waals surface area contributed by atoms with E-state index in [9.17, 15) is 8.42 Å². The fourth-order valence-corrected chi connectivity index (χ4v) is 2.77. The van der Waals surface area contributed by atoms with Crippen LogP contribution in [0.1, 0.15) is 11.1 Å². The van der Waals surface area contributed by atoms with E-state index in [4.69, 9.17) is 0 Å². The summed E-state index contributed by atoms with van der Waals surface area (Å²) in [6.45, 7) is 5.27. The van der Waals surface area contributed by atoms with Gasteiger partial charge >= 0.3 is 10.2 Å². The average Bonchev–Trinajstić information content (AvgIpc) is 3.04. The number of rotatable bonds is 3. The summed E-state index contributed by atoms with van der Waals surface area (Å²) in [4.78, 5) is 0. The van der Waals surface area contributed by atoms with Crippen molar-refractivity contribution < 1.29 is 8.42 Å². The zero-order chi connectivity index (χ0) is 11.9. The largest absolute Gasteiger partial charge is 0.303 e. The first-order valence-corrected chi connectivity index (χ1v) is 6.64. The Kier molecular flexibility index (Phi) is 2.67. The molecule has 88 valence electrons. The highest BCUT2D eigenvalue weighted by atomic mass is 32.2. The van der Waals surface area contributed by atoms with Crippen LogP contribution in [0.4, 0.5) is 5.69 Å². The Labute approximate surface area is 96.7 Å². The molecule has 4 nitrogen and oxygen atoms in total. The first-order valence-electron chi connectivity index (χ1n) is 5.24. The maximum atomic E-state index is 11.9. The SMILES string of the molecule is Cc1ccc(N(C)S(=O)(=O)N2CC2)cc1C. The molecule has 0 spiro atoms. The van der Waals surface area contributed by atoms with Crippen LogP contribution in [0.3, 0.4) is 0 Å². The summed E-state index contributed by atoms with van der Waals surface area (Å²) in [6.07, 6.45) is 0. The topological polar surface area (TPSA) is 40.4 Å². The van der Waals surface area contributed by atoms with Gasteiger partial charge in [0.25, 0.3) is 0 Å². The van der Waals surface area contributed by atoms with Gasteiger partial charge in [0.15, 0.2) is 0 Å². The number of benzene rings is 1. The van der Waals surface area contributed by atoms with Crippen molar-refractivity contribution in [2.45, 2.75) is 13.8 Å². The molecule has 1 aliphatic rings. The molecular weight excluding hydrogens is 224 g/mol. The second-order valence-electron chi connectivity index (χ2n) is 4.14. The van der Waals surface area contributed by atoms with E-state index >= 15 is 0 Å². The molecule has 0 unspecified atom stereocenters. The summed E-state index contributed by atoms with van der Waals surface area (Å²) in [7, 11) is -1.69. The highest BCUT2D eigenvalue weighted by molar-refractivity contribution is 7.90. The molecule has 1 saturated heterocycles. The van der Waals surface area contributed by atoms with Gasteiger partial charge in [0.1, 0.15) is 0 Å². The van der Waals surface area contributed by atoms with Crippen molar-refractivity contribution in [2.24, 2.45) is 0 Å². The van der Waals surface area contributed by atoms with Crippen molar-refractivity contribution in [1.82, 2.24) is 4.31 Å². The van der Waals surface area contributed by atoms with Crippen LogP contribution in [0.2, 0.25) is 0 Å². The van der Waals surface area contributed by atoms with Crippen LogP contribution in [0.5, 0.6) is 0 Å². The van der Waals surface area contributed by atoms with Crippen LogP contribution in [-0.4, -0.2) is 32.9 Å². The lowest BCUT2D eigenvalue weighted by molar-refractivity contribution is 0.561. The van der Waals surface area contributed by atoms with E-state index in [2.05, 4.69) is 0 Å². The number of hydrogen-bond acceptors (Lipinski definition) is 2. The van der Waals surface area contributed by atoms with E-state index in [0.29, 0.717) is 13.1 Å². The molecule has 16 heavy (non-hydrogen) atoms. The first-order chi connectivity index (χ1) is 7.43. The van der Waals surface area contributed by atoms with Crippen LogP contribution in [0.15, 0.2) is 18.2 Å². The first kappa shape index (κ1) is 11.4. The van der Waals surface area contributed by atoms with E-state index in [0.717, 1.165) is 11.3 Å². The van der Waals surface area contributed by atoms with Crippen molar-refractivity contribution in [1.29, 1.82) is 0 Å². The number of aryl methyl sites for hydroxylation is 2. The van der Waals surface area contributed by atoms with Gasteiger partial charge in [-0.2, -0.15) is 12.7 Å². The number of anilines is 1. The van der Waals surface area contributed by atoms with Gasteiger partial charge in [-0.3, -0.25) is 4.31 Å².